The van der Waals surface area contributed by atoms with Crippen LogP contribution in [0.4, 0.5) is 0 Å². The Labute approximate surface area is 88.1 Å². The maximum atomic E-state index is 11.0. The first-order valence-corrected chi connectivity index (χ1v) is 5.37. The highest BCUT2D eigenvalue weighted by Gasteiger charge is 2.30. The number of aromatic nitrogens is 3. The van der Waals surface area contributed by atoms with Gasteiger partial charge in [0.05, 0.1) is 12.2 Å². The van der Waals surface area contributed by atoms with Crippen molar-refractivity contribution in [3.8, 4) is 0 Å². The second kappa shape index (κ2) is 3.73. The molecular weight excluding hydrogens is 198 g/mol. The predicted molar refractivity (Wildman–Crippen MR) is 55.6 cm³/mol. The van der Waals surface area contributed by atoms with Crippen molar-refractivity contribution >= 4 is 18.4 Å². The Bertz CT molecular complexity index is 344. The number of thiol groups is 1. The van der Waals surface area contributed by atoms with E-state index in [1.807, 2.05) is 0 Å². The fourth-order valence-electron chi connectivity index (χ4n) is 1.68. The number of hydrogen-bond donors (Lipinski definition) is 1. The minimum atomic E-state index is -0.0266. The Balaban J connectivity index is 2.01. The Hall–Kier alpha value is -0.840. The van der Waals surface area contributed by atoms with E-state index in [1.54, 1.807) is 10.9 Å². The minimum absolute atomic E-state index is 0.0266. The van der Waals surface area contributed by atoms with Crippen molar-refractivity contribution in [3.05, 3.63) is 11.9 Å². The van der Waals surface area contributed by atoms with Gasteiger partial charge in [-0.15, -0.1) is 5.10 Å². The topological polar surface area (TPSA) is 47.8 Å². The number of hydrogen-bond acceptors (Lipinski definition) is 4. The number of nitrogens with zero attached hydrogens (tertiary/aromatic N) is 3. The summed E-state index contributed by atoms with van der Waals surface area (Å²) < 4.78 is 1.80. The van der Waals surface area contributed by atoms with Gasteiger partial charge in [0.2, 0.25) is 0 Å². The quantitative estimate of drug-likeness (QED) is 0.606. The number of Topliss-reactive ketones (excluding diaryl/α,β-unsaturated/α-hetero) is 1. The zero-order valence-electron chi connectivity index (χ0n) is 8.05. The number of carbonyl (C=O) groups excluding carboxylic acids is 1. The lowest BCUT2D eigenvalue weighted by molar-refractivity contribution is 0.101. The molecule has 0 amide bonds. The second-order valence-electron chi connectivity index (χ2n) is 3.81. The molecule has 0 aromatic carbocycles. The van der Waals surface area contributed by atoms with Crippen molar-refractivity contribution < 1.29 is 4.79 Å². The summed E-state index contributed by atoms with van der Waals surface area (Å²) in [6.45, 7) is 1.51. The molecule has 1 aliphatic carbocycles. The molecular formula is C9H13N3OS. The lowest BCUT2D eigenvalue weighted by atomic mass is 9.82. The van der Waals surface area contributed by atoms with Gasteiger partial charge in [-0.05, 0) is 24.5 Å². The van der Waals surface area contributed by atoms with E-state index in [9.17, 15) is 4.79 Å². The third kappa shape index (κ3) is 1.68. The van der Waals surface area contributed by atoms with Gasteiger partial charge >= 0.3 is 0 Å². The Morgan fingerprint density at radius 3 is 2.93 bits per heavy atom. The standard InChI is InChI=1S/C9H13N3OS/c1-6(13)9-4-12(11-10-9)8-2-7(3-8)5-14/h4,7-8,14H,2-3,5H2,1H3. The van der Waals surface area contributed by atoms with Gasteiger partial charge in [0.1, 0.15) is 5.69 Å². The van der Waals surface area contributed by atoms with Crippen molar-refractivity contribution in [3.63, 3.8) is 0 Å². The third-order valence-electron chi connectivity index (χ3n) is 2.71. The van der Waals surface area contributed by atoms with Crippen molar-refractivity contribution in [1.82, 2.24) is 15.0 Å². The smallest absolute Gasteiger partial charge is 0.181 e. The molecule has 0 radical (unpaired) electrons. The summed E-state index contributed by atoms with van der Waals surface area (Å²) in [7, 11) is 0. The summed E-state index contributed by atoms with van der Waals surface area (Å²) in [6, 6.07) is 0.424. The summed E-state index contributed by atoms with van der Waals surface area (Å²) >= 11 is 4.24. The molecule has 1 heterocycles. The van der Waals surface area contributed by atoms with Crippen LogP contribution < -0.4 is 0 Å². The molecule has 1 aliphatic rings. The van der Waals surface area contributed by atoms with E-state index in [0.29, 0.717) is 17.7 Å². The lowest BCUT2D eigenvalue weighted by Crippen LogP contribution is -2.28. The molecule has 0 aliphatic heterocycles. The van der Waals surface area contributed by atoms with E-state index in [0.717, 1.165) is 18.6 Å². The summed E-state index contributed by atoms with van der Waals surface area (Å²) in [5.74, 6) is 1.61. The largest absolute Gasteiger partial charge is 0.293 e. The molecule has 1 aromatic rings. The number of carbonyl (C=O) groups is 1. The molecule has 0 bridgehead atoms. The van der Waals surface area contributed by atoms with Gasteiger partial charge in [0.15, 0.2) is 5.78 Å². The van der Waals surface area contributed by atoms with E-state index < -0.39 is 0 Å². The van der Waals surface area contributed by atoms with E-state index >= 15 is 0 Å². The first kappa shape index (κ1) is 9.71. The van der Waals surface area contributed by atoms with Crippen LogP contribution in [0, 0.1) is 5.92 Å². The van der Waals surface area contributed by atoms with Gasteiger partial charge in [-0.25, -0.2) is 4.68 Å². The van der Waals surface area contributed by atoms with Crippen LogP contribution in [-0.4, -0.2) is 26.5 Å². The van der Waals surface area contributed by atoms with Crippen molar-refractivity contribution in [1.29, 1.82) is 0 Å². The molecule has 0 atom stereocenters. The SMILES string of the molecule is CC(=O)c1cn(C2CC(CS)C2)nn1. The Kier molecular flexibility index (Phi) is 2.58. The minimum Gasteiger partial charge on any atom is -0.293 e. The van der Waals surface area contributed by atoms with Crippen LogP contribution in [0.25, 0.3) is 0 Å². The molecule has 76 valence electrons. The predicted octanol–water partition coefficient (Wildman–Crippen LogP) is 1.36. The second-order valence-corrected chi connectivity index (χ2v) is 4.18. The van der Waals surface area contributed by atoms with Crippen LogP contribution in [-0.2, 0) is 0 Å². The average molecular weight is 211 g/mol. The van der Waals surface area contributed by atoms with Gasteiger partial charge in [-0.2, -0.15) is 12.6 Å². The zero-order valence-corrected chi connectivity index (χ0v) is 8.94. The normalized spacial score (nSPS) is 25.9. The highest BCUT2D eigenvalue weighted by Crippen LogP contribution is 2.37. The molecule has 4 nitrogen and oxygen atoms in total. The molecule has 1 fully saturated rings. The maximum Gasteiger partial charge on any atom is 0.181 e. The molecule has 1 aromatic heterocycles. The van der Waals surface area contributed by atoms with Gasteiger partial charge in [0.25, 0.3) is 0 Å². The molecule has 0 spiro atoms. The van der Waals surface area contributed by atoms with E-state index in [1.165, 1.54) is 6.92 Å². The third-order valence-corrected chi connectivity index (χ3v) is 3.23. The van der Waals surface area contributed by atoms with Crippen molar-refractivity contribution in [2.45, 2.75) is 25.8 Å². The molecule has 14 heavy (non-hydrogen) atoms. The van der Waals surface area contributed by atoms with Gasteiger partial charge in [-0.3, -0.25) is 4.79 Å². The summed E-state index contributed by atoms with van der Waals surface area (Å²) in [5, 5.41) is 7.76. The maximum absolute atomic E-state index is 11.0. The van der Waals surface area contributed by atoms with Crippen LogP contribution >= 0.6 is 12.6 Å². The fraction of sp³-hybridized carbons (Fsp3) is 0.667. The molecule has 2 rings (SSSR count). The van der Waals surface area contributed by atoms with Crippen LogP contribution in [0.15, 0.2) is 6.20 Å². The first-order chi connectivity index (χ1) is 6.70. The number of ketones is 1. The average Bonchev–Trinajstić information content (AvgIpc) is 2.51. The zero-order chi connectivity index (χ0) is 10.1. The summed E-state index contributed by atoms with van der Waals surface area (Å²) in [5.41, 5.74) is 0.458. The van der Waals surface area contributed by atoms with Crippen LogP contribution in [0.2, 0.25) is 0 Å². The van der Waals surface area contributed by atoms with Gasteiger partial charge in [-0.1, -0.05) is 5.21 Å². The van der Waals surface area contributed by atoms with E-state index in [4.69, 9.17) is 0 Å². The highest BCUT2D eigenvalue weighted by atomic mass is 32.1. The molecule has 5 heteroatoms. The van der Waals surface area contributed by atoms with Gasteiger partial charge < -0.3 is 0 Å². The first-order valence-electron chi connectivity index (χ1n) is 4.74. The summed E-state index contributed by atoms with van der Waals surface area (Å²) in [4.78, 5) is 11.0. The molecule has 1 saturated carbocycles. The van der Waals surface area contributed by atoms with Crippen molar-refractivity contribution in [2.75, 3.05) is 5.75 Å². The lowest BCUT2D eigenvalue weighted by Gasteiger charge is -2.33. The van der Waals surface area contributed by atoms with E-state index in [2.05, 4.69) is 22.9 Å². The van der Waals surface area contributed by atoms with E-state index in [-0.39, 0.29) is 5.78 Å². The molecule has 0 N–H and O–H groups in total. The highest BCUT2D eigenvalue weighted by molar-refractivity contribution is 7.80. The van der Waals surface area contributed by atoms with Crippen LogP contribution in [0.1, 0.15) is 36.3 Å². The van der Waals surface area contributed by atoms with Crippen LogP contribution in [0.5, 0.6) is 0 Å². The fourth-order valence-corrected chi connectivity index (χ4v) is 1.98. The number of rotatable bonds is 3. The monoisotopic (exact) mass is 211 g/mol. The molecule has 0 unspecified atom stereocenters. The van der Waals surface area contributed by atoms with Gasteiger partial charge in [0, 0.05) is 6.92 Å². The Morgan fingerprint density at radius 1 is 1.71 bits per heavy atom. The van der Waals surface area contributed by atoms with Crippen molar-refractivity contribution in [2.24, 2.45) is 5.92 Å². The summed E-state index contributed by atoms with van der Waals surface area (Å²) in [6.07, 6.45) is 3.94. The molecule has 0 saturated heterocycles. The van der Waals surface area contributed by atoms with Crippen LogP contribution in [0.3, 0.4) is 0 Å². The Morgan fingerprint density at radius 2 is 2.43 bits per heavy atom.